The van der Waals surface area contributed by atoms with E-state index in [0.29, 0.717) is 5.56 Å². The maximum absolute atomic E-state index is 11.6. The highest BCUT2D eigenvalue weighted by Gasteiger charge is 2.05. The Morgan fingerprint density at radius 1 is 1.00 bits per heavy atom. The van der Waals surface area contributed by atoms with Crippen LogP contribution in [-0.2, 0) is 4.84 Å². The number of nitrogens with one attached hydrogen (secondary N) is 1. The monoisotopic (exact) mass is 339 g/mol. The van der Waals surface area contributed by atoms with Gasteiger partial charge in [-0.05, 0) is 59.0 Å². The van der Waals surface area contributed by atoms with E-state index in [1.807, 2.05) is 30.3 Å². The lowest BCUT2D eigenvalue weighted by Crippen LogP contribution is -2.10. The Kier molecular flexibility index (Phi) is 3.98. The van der Waals surface area contributed by atoms with Crippen molar-refractivity contribution in [3.05, 3.63) is 63.7 Å². The molecule has 3 nitrogen and oxygen atoms in total. The number of benzene rings is 2. The normalized spacial score (nSPS) is 9.71. The summed E-state index contributed by atoms with van der Waals surface area (Å²) in [5, 5.41) is 0. The van der Waals surface area contributed by atoms with Gasteiger partial charge in [0.05, 0.1) is 11.3 Å². The minimum absolute atomic E-state index is 0.399. The van der Waals surface area contributed by atoms with Gasteiger partial charge in [0.15, 0.2) is 0 Å². The second-order valence-corrected chi connectivity index (χ2v) is 4.61. The average molecular weight is 339 g/mol. The van der Waals surface area contributed by atoms with Crippen LogP contribution in [0, 0.1) is 3.57 Å². The first-order chi connectivity index (χ1) is 8.25. The van der Waals surface area contributed by atoms with Crippen LogP contribution in [0.15, 0.2) is 54.6 Å². The van der Waals surface area contributed by atoms with E-state index in [-0.39, 0.29) is 0 Å². The molecule has 0 aliphatic carbocycles. The first-order valence-electron chi connectivity index (χ1n) is 5.03. The fraction of sp³-hybridized carbons (Fsp3) is 0. The van der Waals surface area contributed by atoms with Crippen LogP contribution in [0.2, 0.25) is 0 Å². The number of anilines is 1. The predicted molar refractivity (Wildman–Crippen MR) is 74.6 cm³/mol. The molecule has 0 aliphatic heterocycles. The molecule has 2 aromatic rings. The van der Waals surface area contributed by atoms with Crippen LogP contribution in [-0.4, -0.2) is 5.97 Å². The third kappa shape index (κ3) is 3.45. The minimum Gasteiger partial charge on any atom is -0.338 e. The van der Waals surface area contributed by atoms with Crippen LogP contribution < -0.4 is 5.48 Å². The van der Waals surface area contributed by atoms with Gasteiger partial charge in [-0.3, -0.25) is 0 Å². The fourth-order valence-electron chi connectivity index (χ4n) is 1.26. The third-order valence-corrected chi connectivity index (χ3v) is 2.83. The Labute approximate surface area is 113 Å². The van der Waals surface area contributed by atoms with E-state index in [9.17, 15) is 4.79 Å². The lowest BCUT2D eigenvalue weighted by Gasteiger charge is -2.06. The predicted octanol–water partition coefficient (Wildman–Crippen LogP) is 3.48. The average Bonchev–Trinajstić information content (AvgIpc) is 2.39. The van der Waals surface area contributed by atoms with Crippen LogP contribution in [0.25, 0.3) is 0 Å². The number of hydrogen-bond acceptors (Lipinski definition) is 3. The maximum Gasteiger partial charge on any atom is 0.362 e. The molecule has 0 amide bonds. The maximum atomic E-state index is 11.6. The molecule has 2 aromatic carbocycles. The molecule has 86 valence electrons. The van der Waals surface area contributed by atoms with Gasteiger partial charge in [-0.1, -0.05) is 18.2 Å². The number of rotatable bonds is 3. The highest BCUT2D eigenvalue weighted by Crippen LogP contribution is 2.11. The SMILES string of the molecule is O=C(ONc1ccc(I)cc1)c1ccccc1. The molecule has 1 N–H and O–H groups in total. The zero-order valence-corrected chi connectivity index (χ0v) is 11.0. The second-order valence-electron chi connectivity index (χ2n) is 3.36. The molecule has 0 aromatic heterocycles. The second kappa shape index (κ2) is 5.67. The highest BCUT2D eigenvalue weighted by molar-refractivity contribution is 14.1. The Hall–Kier alpha value is -1.56. The van der Waals surface area contributed by atoms with Gasteiger partial charge in [0.2, 0.25) is 0 Å². The number of hydrogen-bond donors (Lipinski definition) is 1. The number of halogens is 1. The van der Waals surface area contributed by atoms with E-state index < -0.39 is 5.97 Å². The third-order valence-electron chi connectivity index (χ3n) is 2.12. The first kappa shape index (κ1) is 11.9. The summed E-state index contributed by atoms with van der Waals surface area (Å²) in [5.41, 5.74) is 3.88. The van der Waals surface area contributed by atoms with Crippen LogP contribution in [0.5, 0.6) is 0 Å². The van der Waals surface area contributed by atoms with E-state index in [0.717, 1.165) is 9.26 Å². The summed E-state index contributed by atoms with van der Waals surface area (Å²) < 4.78 is 1.13. The molecular formula is C13H10INO2. The summed E-state index contributed by atoms with van der Waals surface area (Å²) in [6, 6.07) is 16.4. The van der Waals surface area contributed by atoms with E-state index in [1.165, 1.54) is 0 Å². The molecule has 0 bridgehead atoms. The Morgan fingerprint density at radius 2 is 1.65 bits per heavy atom. The van der Waals surface area contributed by atoms with Crippen molar-refractivity contribution < 1.29 is 9.63 Å². The lowest BCUT2D eigenvalue weighted by molar-refractivity contribution is 0.0596. The minimum atomic E-state index is -0.399. The van der Waals surface area contributed by atoms with Gasteiger partial charge in [0.1, 0.15) is 0 Å². The highest BCUT2D eigenvalue weighted by atomic mass is 127. The summed E-state index contributed by atoms with van der Waals surface area (Å²) in [7, 11) is 0. The number of carbonyl (C=O) groups excluding carboxylic acids is 1. The summed E-state index contributed by atoms with van der Waals surface area (Å²) >= 11 is 2.21. The van der Waals surface area contributed by atoms with Crippen molar-refractivity contribution in [2.45, 2.75) is 0 Å². The molecule has 0 unspecified atom stereocenters. The molecular weight excluding hydrogens is 329 g/mol. The topological polar surface area (TPSA) is 38.3 Å². The quantitative estimate of drug-likeness (QED) is 0.687. The van der Waals surface area contributed by atoms with Crippen molar-refractivity contribution in [2.24, 2.45) is 0 Å². The number of carbonyl (C=O) groups is 1. The Morgan fingerprint density at radius 3 is 2.29 bits per heavy atom. The molecule has 0 spiro atoms. The molecule has 2 rings (SSSR count). The zero-order chi connectivity index (χ0) is 12.1. The summed E-state index contributed by atoms with van der Waals surface area (Å²) in [4.78, 5) is 16.6. The molecule has 0 heterocycles. The van der Waals surface area contributed by atoms with E-state index >= 15 is 0 Å². The molecule has 0 saturated heterocycles. The fourth-order valence-corrected chi connectivity index (χ4v) is 1.62. The van der Waals surface area contributed by atoms with Crippen LogP contribution in [0.1, 0.15) is 10.4 Å². The van der Waals surface area contributed by atoms with Gasteiger partial charge >= 0.3 is 5.97 Å². The van der Waals surface area contributed by atoms with Crippen molar-refractivity contribution in [1.82, 2.24) is 0 Å². The van der Waals surface area contributed by atoms with Gasteiger partial charge < -0.3 is 4.84 Å². The molecule has 0 saturated carbocycles. The molecule has 4 heteroatoms. The van der Waals surface area contributed by atoms with Crippen LogP contribution in [0.3, 0.4) is 0 Å². The van der Waals surface area contributed by atoms with E-state index in [2.05, 4.69) is 28.1 Å². The lowest BCUT2D eigenvalue weighted by atomic mass is 10.2. The van der Waals surface area contributed by atoms with Crippen molar-refractivity contribution in [1.29, 1.82) is 0 Å². The van der Waals surface area contributed by atoms with Crippen LogP contribution >= 0.6 is 22.6 Å². The molecule has 0 aliphatic rings. The van der Waals surface area contributed by atoms with Gasteiger partial charge in [-0.15, -0.1) is 0 Å². The van der Waals surface area contributed by atoms with E-state index in [1.54, 1.807) is 24.3 Å². The van der Waals surface area contributed by atoms with Crippen LogP contribution in [0.4, 0.5) is 5.69 Å². The van der Waals surface area contributed by atoms with Gasteiger partial charge in [0, 0.05) is 3.57 Å². The molecule has 0 atom stereocenters. The molecule has 17 heavy (non-hydrogen) atoms. The first-order valence-corrected chi connectivity index (χ1v) is 6.11. The van der Waals surface area contributed by atoms with Crippen molar-refractivity contribution in [2.75, 3.05) is 5.48 Å². The Balaban J connectivity index is 1.95. The summed E-state index contributed by atoms with van der Waals surface area (Å²) in [6.45, 7) is 0. The van der Waals surface area contributed by atoms with Gasteiger partial charge in [-0.2, -0.15) is 0 Å². The summed E-state index contributed by atoms with van der Waals surface area (Å²) in [5.74, 6) is -0.399. The van der Waals surface area contributed by atoms with Crippen molar-refractivity contribution >= 4 is 34.2 Å². The molecule has 0 fully saturated rings. The van der Waals surface area contributed by atoms with Gasteiger partial charge in [0.25, 0.3) is 0 Å². The Bertz CT molecular complexity index is 497. The largest absolute Gasteiger partial charge is 0.362 e. The smallest absolute Gasteiger partial charge is 0.338 e. The van der Waals surface area contributed by atoms with Gasteiger partial charge in [-0.25, -0.2) is 10.3 Å². The van der Waals surface area contributed by atoms with Crippen molar-refractivity contribution in [3.63, 3.8) is 0 Å². The standard InChI is InChI=1S/C13H10INO2/c14-11-6-8-12(9-7-11)15-17-13(16)10-4-2-1-3-5-10/h1-9,15H. The molecule has 0 radical (unpaired) electrons. The van der Waals surface area contributed by atoms with E-state index in [4.69, 9.17) is 4.84 Å². The summed E-state index contributed by atoms with van der Waals surface area (Å²) in [6.07, 6.45) is 0. The zero-order valence-electron chi connectivity index (χ0n) is 8.89. The van der Waals surface area contributed by atoms with Crippen molar-refractivity contribution in [3.8, 4) is 0 Å².